The van der Waals surface area contributed by atoms with E-state index in [9.17, 15) is 4.79 Å². The number of anilines is 1. The van der Waals surface area contributed by atoms with Gasteiger partial charge in [-0.25, -0.2) is 0 Å². The Morgan fingerprint density at radius 3 is 2.68 bits per heavy atom. The van der Waals surface area contributed by atoms with E-state index in [1.807, 2.05) is 43.3 Å². The van der Waals surface area contributed by atoms with Gasteiger partial charge in [0.1, 0.15) is 0 Å². The molecule has 0 aliphatic carbocycles. The van der Waals surface area contributed by atoms with Crippen LogP contribution in [0.4, 0.5) is 5.69 Å². The Morgan fingerprint density at radius 2 is 2.00 bits per heavy atom. The number of hydrogen-bond donors (Lipinski definition) is 1. The Kier molecular flexibility index (Phi) is 4.36. The highest BCUT2D eigenvalue weighted by Crippen LogP contribution is 2.23. The van der Waals surface area contributed by atoms with E-state index in [0.29, 0.717) is 12.1 Å². The minimum Gasteiger partial charge on any atom is -0.378 e. The molecule has 5 nitrogen and oxygen atoms in total. The maximum absolute atomic E-state index is 12.4. The molecule has 3 rings (SSSR count). The summed E-state index contributed by atoms with van der Waals surface area (Å²) in [5.41, 5.74) is 1.82. The van der Waals surface area contributed by atoms with Gasteiger partial charge in [-0.2, -0.15) is 0 Å². The molecular formula is C17H25N3O2. The second-order valence-electron chi connectivity index (χ2n) is 6.60. The number of ether oxygens (including phenoxy) is 1. The summed E-state index contributed by atoms with van der Waals surface area (Å²) in [5.74, 6) is 0.0177. The number of rotatable bonds is 3. The average molecular weight is 303 g/mol. The fourth-order valence-corrected chi connectivity index (χ4v) is 3.32. The molecule has 1 aromatic carbocycles. The fraction of sp³-hybridized carbons (Fsp3) is 0.588. The summed E-state index contributed by atoms with van der Waals surface area (Å²) in [7, 11) is 3.99. The lowest BCUT2D eigenvalue weighted by Crippen LogP contribution is -2.45. The van der Waals surface area contributed by atoms with Gasteiger partial charge in [-0.15, -0.1) is 0 Å². The van der Waals surface area contributed by atoms with Gasteiger partial charge in [0, 0.05) is 50.5 Å². The first-order chi connectivity index (χ1) is 10.5. The van der Waals surface area contributed by atoms with Gasteiger partial charge in [0.2, 0.25) is 0 Å². The monoisotopic (exact) mass is 303 g/mol. The van der Waals surface area contributed by atoms with Crippen molar-refractivity contribution >= 4 is 11.6 Å². The van der Waals surface area contributed by atoms with Gasteiger partial charge in [0.25, 0.3) is 5.91 Å². The number of carbonyl (C=O) groups is 1. The molecule has 22 heavy (non-hydrogen) atoms. The highest BCUT2D eigenvalue weighted by atomic mass is 16.5. The summed E-state index contributed by atoms with van der Waals surface area (Å²) in [6.45, 7) is 4.79. The Balaban J connectivity index is 1.58. The van der Waals surface area contributed by atoms with Gasteiger partial charge in [-0.1, -0.05) is 0 Å². The lowest BCUT2D eigenvalue weighted by molar-refractivity contribution is -0.0390. The Bertz CT molecular complexity index is 529. The molecule has 1 N–H and O–H groups in total. The Morgan fingerprint density at radius 1 is 1.27 bits per heavy atom. The normalized spacial score (nSPS) is 28.2. The van der Waals surface area contributed by atoms with Gasteiger partial charge in [-0.05, 0) is 37.6 Å². The minimum absolute atomic E-state index is 0.0177. The van der Waals surface area contributed by atoms with E-state index in [4.69, 9.17) is 4.74 Å². The maximum Gasteiger partial charge on any atom is 0.251 e. The summed E-state index contributed by atoms with van der Waals surface area (Å²) in [5, 5.41) is 3.17. The molecule has 2 aliphatic heterocycles. The zero-order valence-electron chi connectivity index (χ0n) is 13.6. The Hall–Kier alpha value is -1.59. The van der Waals surface area contributed by atoms with Gasteiger partial charge < -0.3 is 15.0 Å². The van der Waals surface area contributed by atoms with Crippen LogP contribution < -0.4 is 10.2 Å². The lowest BCUT2D eigenvalue weighted by Gasteiger charge is -2.33. The van der Waals surface area contributed by atoms with Crippen LogP contribution in [0.1, 0.15) is 23.7 Å². The van der Waals surface area contributed by atoms with E-state index >= 15 is 0 Å². The zero-order chi connectivity index (χ0) is 15.7. The predicted molar refractivity (Wildman–Crippen MR) is 87.4 cm³/mol. The van der Waals surface area contributed by atoms with Crippen LogP contribution in [0, 0.1) is 0 Å². The number of amides is 1. The molecule has 2 aliphatic rings. The first-order valence-electron chi connectivity index (χ1n) is 7.97. The summed E-state index contributed by atoms with van der Waals surface area (Å²) < 4.78 is 5.71. The lowest BCUT2D eigenvalue weighted by atomic mass is 10.1. The highest BCUT2D eigenvalue weighted by molar-refractivity contribution is 5.94. The SMILES string of the molecule is C[C@@H]1CN2C[C@@H](NC(=O)c3ccc(N(C)C)cc3)C[C@H]2CO1. The summed E-state index contributed by atoms with van der Waals surface area (Å²) in [6, 6.07) is 8.40. The molecule has 1 aromatic rings. The van der Waals surface area contributed by atoms with Crippen molar-refractivity contribution in [3.05, 3.63) is 29.8 Å². The van der Waals surface area contributed by atoms with Crippen LogP contribution in [0.3, 0.4) is 0 Å². The molecule has 5 heteroatoms. The van der Waals surface area contributed by atoms with E-state index in [-0.39, 0.29) is 11.9 Å². The van der Waals surface area contributed by atoms with Crippen molar-refractivity contribution in [1.82, 2.24) is 10.2 Å². The van der Waals surface area contributed by atoms with E-state index < -0.39 is 0 Å². The molecule has 120 valence electrons. The second-order valence-corrected chi connectivity index (χ2v) is 6.60. The smallest absolute Gasteiger partial charge is 0.251 e. The van der Waals surface area contributed by atoms with Gasteiger partial charge in [-0.3, -0.25) is 9.69 Å². The van der Waals surface area contributed by atoms with Crippen LogP contribution in [0.2, 0.25) is 0 Å². The van der Waals surface area contributed by atoms with E-state index in [2.05, 4.69) is 17.1 Å². The minimum atomic E-state index is 0.0177. The predicted octanol–water partition coefficient (Wildman–Crippen LogP) is 1.34. The van der Waals surface area contributed by atoms with Crippen molar-refractivity contribution in [2.75, 3.05) is 38.7 Å². The molecule has 0 saturated carbocycles. The number of carbonyl (C=O) groups excluding carboxylic acids is 1. The number of fused-ring (bicyclic) bond motifs is 1. The van der Waals surface area contributed by atoms with E-state index in [0.717, 1.165) is 37.4 Å². The molecule has 0 aromatic heterocycles. The van der Waals surface area contributed by atoms with Gasteiger partial charge >= 0.3 is 0 Å². The summed E-state index contributed by atoms with van der Waals surface area (Å²) in [4.78, 5) is 16.8. The van der Waals surface area contributed by atoms with E-state index in [1.54, 1.807) is 0 Å². The quantitative estimate of drug-likeness (QED) is 0.915. The molecule has 2 saturated heterocycles. The van der Waals surface area contributed by atoms with Crippen LogP contribution in [0.5, 0.6) is 0 Å². The zero-order valence-corrected chi connectivity index (χ0v) is 13.6. The van der Waals surface area contributed by atoms with Gasteiger partial charge in [0.15, 0.2) is 0 Å². The Labute approximate surface area is 132 Å². The molecule has 1 amide bonds. The van der Waals surface area contributed by atoms with Gasteiger partial charge in [0.05, 0.1) is 12.7 Å². The third-order valence-electron chi connectivity index (χ3n) is 4.57. The average Bonchev–Trinajstić information content (AvgIpc) is 2.88. The van der Waals surface area contributed by atoms with Crippen LogP contribution in [0.15, 0.2) is 24.3 Å². The molecule has 0 radical (unpaired) electrons. The summed E-state index contributed by atoms with van der Waals surface area (Å²) >= 11 is 0. The van der Waals surface area contributed by atoms with Crippen molar-refractivity contribution in [2.45, 2.75) is 31.5 Å². The van der Waals surface area contributed by atoms with Crippen molar-refractivity contribution < 1.29 is 9.53 Å². The van der Waals surface area contributed by atoms with Crippen LogP contribution in [0.25, 0.3) is 0 Å². The molecule has 2 fully saturated rings. The summed E-state index contributed by atoms with van der Waals surface area (Å²) in [6.07, 6.45) is 1.28. The van der Waals surface area contributed by atoms with Crippen molar-refractivity contribution in [2.24, 2.45) is 0 Å². The number of morpholine rings is 1. The fourth-order valence-electron chi connectivity index (χ4n) is 3.32. The van der Waals surface area contributed by atoms with Crippen LogP contribution in [-0.2, 0) is 4.74 Å². The van der Waals surface area contributed by atoms with Crippen LogP contribution >= 0.6 is 0 Å². The first kappa shape index (κ1) is 15.3. The van der Waals surface area contributed by atoms with Crippen molar-refractivity contribution in [3.8, 4) is 0 Å². The number of nitrogens with zero attached hydrogens (tertiary/aromatic N) is 2. The molecule has 2 heterocycles. The first-order valence-corrected chi connectivity index (χ1v) is 7.97. The standard InChI is InChI=1S/C17H25N3O2/c1-12-9-20-10-14(8-16(20)11-22-12)18-17(21)13-4-6-15(7-5-13)19(2)3/h4-7,12,14,16H,8-11H2,1-3H3,(H,18,21)/t12-,14+,16+/m1/s1. The molecule has 0 unspecified atom stereocenters. The molecule has 0 bridgehead atoms. The van der Waals surface area contributed by atoms with Crippen molar-refractivity contribution in [3.63, 3.8) is 0 Å². The third-order valence-corrected chi connectivity index (χ3v) is 4.57. The maximum atomic E-state index is 12.4. The topological polar surface area (TPSA) is 44.8 Å². The van der Waals surface area contributed by atoms with E-state index in [1.165, 1.54) is 0 Å². The second kappa shape index (κ2) is 6.26. The number of hydrogen-bond acceptors (Lipinski definition) is 4. The largest absolute Gasteiger partial charge is 0.378 e. The number of benzene rings is 1. The van der Waals surface area contributed by atoms with Crippen LogP contribution in [-0.4, -0.2) is 62.8 Å². The molecule has 3 atom stereocenters. The third kappa shape index (κ3) is 3.25. The van der Waals surface area contributed by atoms with Crippen molar-refractivity contribution in [1.29, 1.82) is 0 Å². The highest BCUT2D eigenvalue weighted by Gasteiger charge is 2.36. The molecule has 0 spiro atoms. The number of nitrogens with one attached hydrogen (secondary N) is 1. The molecular weight excluding hydrogens is 278 g/mol.